The largest absolute Gasteiger partial charge is 0.372 e. The molecule has 1 aliphatic rings. The van der Waals surface area contributed by atoms with E-state index in [0.29, 0.717) is 17.9 Å². The standard InChI is InChI=1S/C17H17N3O3/c21-15(19-12-13-6-4-5-10-18-13)17(23)9-11-20(16(17)22)14-7-2-1-3-8-14/h1-8,10,23H,9,11-12H2,(H,19,21). The molecule has 23 heavy (non-hydrogen) atoms. The molecule has 1 atom stereocenters. The van der Waals surface area contributed by atoms with Crippen LogP contribution >= 0.6 is 0 Å². The third-order valence-corrected chi connectivity index (χ3v) is 3.90. The van der Waals surface area contributed by atoms with Crippen molar-refractivity contribution in [3.05, 3.63) is 60.4 Å². The smallest absolute Gasteiger partial charge is 0.268 e. The molecule has 2 N–H and O–H groups in total. The van der Waals surface area contributed by atoms with Crippen LogP contribution in [-0.2, 0) is 16.1 Å². The predicted molar refractivity (Wildman–Crippen MR) is 84.4 cm³/mol. The number of aliphatic hydroxyl groups is 1. The van der Waals surface area contributed by atoms with Crippen LogP contribution < -0.4 is 10.2 Å². The first-order valence-corrected chi connectivity index (χ1v) is 7.39. The van der Waals surface area contributed by atoms with Crippen molar-refractivity contribution in [1.29, 1.82) is 0 Å². The Labute approximate surface area is 133 Å². The zero-order valence-electron chi connectivity index (χ0n) is 12.5. The average molecular weight is 311 g/mol. The number of nitrogens with one attached hydrogen (secondary N) is 1. The minimum absolute atomic E-state index is 0.0643. The number of para-hydroxylation sites is 1. The quantitative estimate of drug-likeness (QED) is 0.821. The highest BCUT2D eigenvalue weighted by molar-refractivity contribution is 6.16. The van der Waals surface area contributed by atoms with Crippen molar-refractivity contribution < 1.29 is 14.7 Å². The highest BCUT2D eigenvalue weighted by Crippen LogP contribution is 2.28. The molecule has 118 valence electrons. The van der Waals surface area contributed by atoms with E-state index in [2.05, 4.69) is 10.3 Å². The van der Waals surface area contributed by atoms with Crippen LogP contribution in [0.4, 0.5) is 5.69 Å². The summed E-state index contributed by atoms with van der Waals surface area (Å²) in [4.78, 5) is 30.3. The zero-order chi connectivity index (χ0) is 16.3. The SMILES string of the molecule is O=C(NCc1ccccn1)C1(O)CCN(c2ccccc2)C1=O. The van der Waals surface area contributed by atoms with Gasteiger partial charge in [-0.15, -0.1) is 0 Å². The maximum Gasteiger partial charge on any atom is 0.268 e. The van der Waals surface area contributed by atoms with Gasteiger partial charge in [0, 0.05) is 24.8 Å². The summed E-state index contributed by atoms with van der Waals surface area (Å²) >= 11 is 0. The Bertz CT molecular complexity index is 706. The molecule has 1 aliphatic heterocycles. The number of nitrogens with zero attached hydrogens (tertiary/aromatic N) is 2. The van der Waals surface area contributed by atoms with Crippen LogP contribution in [-0.4, -0.2) is 34.1 Å². The van der Waals surface area contributed by atoms with Gasteiger partial charge in [-0.25, -0.2) is 0 Å². The lowest BCUT2D eigenvalue weighted by Gasteiger charge is -2.21. The monoisotopic (exact) mass is 311 g/mol. The van der Waals surface area contributed by atoms with E-state index in [9.17, 15) is 14.7 Å². The summed E-state index contributed by atoms with van der Waals surface area (Å²) in [5, 5.41) is 13.1. The highest BCUT2D eigenvalue weighted by Gasteiger charge is 2.51. The van der Waals surface area contributed by atoms with Crippen molar-refractivity contribution >= 4 is 17.5 Å². The molecule has 0 aliphatic carbocycles. The van der Waals surface area contributed by atoms with Crippen LogP contribution in [0.1, 0.15) is 12.1 Å². The lowest BCUT2D eigenvalue weighted by molar-refractivity contribution is -0.149. The van der Waals surface area contributed by atoms with Gasteiger partial charge in [0.15, 0.2) is 0 Å². The first-order valence-electron chi connectivity index (χ1n) is 7.39. The van der Waals surface area contributed by atoms with Gasteiger partial charge in [0.25, 0.3) is 11.8 Å². The summed E-state index contributed by atoms with van der Waals surface area (Å²) in [5.41, 5.74) is -0.689. The van der Waals surface area contributed by atoms with Crippen molar-refractivity contribution in [3.8, 4) is 0 Å². The van der Waals surface area contributed by atoms with E-state index in [0.717, 1.165) is 0 Å². The van der Waals surface area contributed by atoms with Gasteiger partial charge in [0.1, 0.15) is 0 Å². The topological polar surface area (TPSA) is 82.5 Å². The van der Waals surface area contributed by atoms with E-state index in [1.165, 1.54) is 4.90 Å². The Balaban J connectivity index is 1.69. The molecule has 1 fully saturated rings. The zero-order valence-corrected chi connectivity index (χ0v) is 12.5. The minimum atomic E-state index is -2.02. The molecule has 0 bridgehead atoms. The van der Waals surface area contributed by atoms with Crippen LogP contribution in [0.3, 0.4) is 0 Å². The van der Waals surface area contributed by atoms with Crippen molar-refractivity contribution in [2.45, 2.75) is 18.6 Å². The number of benzene rings is 1. The number of carbonyl (C=O) groups excluding carboxylic acids is 2. The number of aromatic nitrogens is 1. The summed E-state index contributed by atoms with van der Waals surface area (Å²) in [7, 11) is 0. The second kappa shape index (κ2) is 6.18. The van der Waals surface area contributed by atoms with Crippen molar-refractivity contribution in [2.24, 2.45) is 0 Å². The molecule has 6 heteroatoms. The fraction of sp³-hybridized carbons (Fsp3) is 0.235. The molecular weight excluding hydrogens is 294 g/mol. The van der Waals surface area contributed by atoms with E-state index in [-0.39, 0.29) is 13.0 Å². The van der Waals surface area contributed by atoms with E-state index >= 15 is 0 Å². The van der Waals surface area contributed by atoms with Gasteiger partial charge in [-0.3, -0.25) is 14.6 Å². The first-order chi connectivity index (χ1) is 11.1. The van der Waals surface area contributed by atoms with E-state index < -0.39 is 17.4 Å². The molecule has 1 saturated heterocycles. The number of rotatable bonds is 4. The maximum absolute atomic E-state index is 12.5. The number of carbonyl (C=O) groups is 2. The lowest BCUT2D eigenvalue weighted by atomic mass is 10.0. The van der Waals surface area contributed by atoms with Crippen molar-refractivity contribution in [2.75, 3.05) is 11.4 Å². The van der Waals surface area contributed by atoms with Gasteiger partial charge in [0.05, 0.1) is 12.2 Å². The van der Waals surface area contributed by atoms with Crippen LogP contribution in [0.25, 0.3) is 0 Å². The van der Waals surface area contributed by atoms with Crippen LogP contribution in [0.2, 0.25) is 0 Å². The minimum Gasteiger partial charge on any atom is -0.372 e. The summed E-state index contributed by atoms with van der Waals surface area (Å²) < 4.78 is 0. The Hall–Kier alpha value is -2.73. The Kier molecular flexibility index (Phi) is 4.08. The number of hydrogen-bond acceptors (Lipinski definition) is 4. The van der Waals surface area contributed by atoms with Gasteiger partial charge in [-0.1, -0.05) is 24.3 Å². The Morgan fingerprint density at radius 1 is 1.22 bits per heavy atom. The number of amides is 2. The van der Waals surface area contributed by atoms with Crippen LogP contribution in [0.5, 0.6) is 0 Å². The third-order valence-electron chi connectivity index (χ3n) is 3.90. The maximum atomic E-state index is 12.5. The van der Waals surface area contributed by atoms with Crippen LogP contribution in [0.15, 0.2) is 54.7 Å². The van der Waals surface area contributed by atoms with Crippen molar-refractivity contribution in [1.82, 2.24) is 10.3 Å². The Morgan fingerprint density at radius 2 is 1.96 bits per heavy atom. The normalized spacial score (nSPS) is 20.6. The van der Waals surface area contributed by atoms with Gasteiger partial charge in [0.2, 0.25) is 5.60 Å². The summed E-state index contributed by atoms with van der Waals surface area (Å²) in [6.45, 7) is 0.469. The third kappa shape index (κ3) is 2.93. The molecular formula is C17H17N3O3. The van der Waals surface area contributed by atoms with Gasteiger partial charge in [-0.05, 0) is 24.3 Å². The molecule has 3 rings (SSSR count). The number of pyridine rings is 1. The fourth-order valence-corrected chi connectivity index (χ4v) is 2.59. The van der Waals surface area contributed by atoms with E-state index in [4.69, 9.17) is 0 Å². The van der Waals surface area contributed by atoms with E-state index in [1.54, 1.807) is 48.7 Å². The van der Waals surface area contributed by atoms with Gasteiger partial charge in [-0.2, -0.15) is 0 Å². The van der Waals surface area contributed by atoms with Crippen LogP contribution in [0, 0.1) is 0 Å². The van der Waals surface area contributed by atoms with Gasteiger partial charge < -0.3 is 15.3 Å². The average Bonchev–Trinajstić information content (AvgIpc) is 2.91. The molecule has 1 unspecified atom stereocenters. The van der Waals surface area contributed by atoms with E-state index in [1.807, 2.05) is 6.07 Å². The second-order valence-corrected chi connectivity index (χ2v) is 5.41. The van der Waals surface area contributed by atoms with Crippen molar-refractivity contribution in [3.63, 3.8) is 0 Å². The molecule has 0 radical (unpaired) electrons. The molecule has 6 nitrogen and oxygen atoms in total. The fourth-order valence-electron chi connectivity index (χ4n) is 2.59. The predicted octanol–water partition coefficient (Wildman–Crippen LogP) is 0.866. The molecule has 0 saturated carbocycles. The molecule has 2 aromatic rings. The molecule has 2 amide bonds. The number of anilines is 1. The molecule has 1 aromatic carbocycles. The lowest BCUT2D eigenvalue weighted by Crippen LogP contribution is -2.52. The number of hydrogen-bond donors (Lipinski definition) is 2. The molecule has 1 aromatic heterocycles. The highest BCUT2D eigenvalue weighted by atomic mass is 16.3. The first kappa shape index (κ1) is 15.2. The second-order valence-electron chi connectivity index (χ2n) is 5.41. The summed E-state index contributed by atoms with van der Waals surface area (Å²) in [6.07, 6.45) is 1.68. The summed E-state index contributed by atoms with van der Waals surface area (Å²) in [5.74, 6) is -1.28. The molecule has 0 spiro atoms. The van der Waals surface area contributed by atoms with Gasteiger partial charge >= 0.3 is 0 Å². The molecule has 2 heterocycles. The summed E-state index contributed by atoms with van der Waals surface area (Å²) in [6, 6.07) is 14.3. The Morgan fingerprint density at radius 3 is 2.65 bits per heavy atom.